The van der Waals surface area contributed by atoms with Crippen LogP contribution in [0.25, 0.3) is 0 Å². The number of aliphatic carboxylic acids is 1. The summed E-state index contributed by atoms with van der Waals surface area (Å²) in [6.45, 7) is 3.79. The fraction of sp³-hybridized carbons (Fsp3) is 0.579. The highest BCUT2D eigenvalue weighted by Gasteiger charge is 2.35. The van der Waals surface area contributed by atoms with Crippen molar-refractivity contribution in [2.75, 3.05) is 13.2 Å². The minimum Gasteiger partial charge on any atom is -0.481 e. The van der Waals surface area contributed by atoms with Gasteiger partial charge in [0.15, 0.2) is 0 Å². The van der Waals surface area contributed by atoms with E-state index < -0.39 is 11.4 Å². The largest absolute Gasteiger partial charge is 0.481 e. The molecule has 0 radical (unpaired) electrons. The van der Waals surface area contributed by atoms with Gasteiger partial charge in [0, 0.05) is 6.54 Å². The monoisotopic (exact) mass is 333 g/mol. The number of nitrogens with one attached hydrogen (secondary N) is 1. The van der Waals surface area contributed by atoms with Gasteiger partial charge in [0.25, 0.3) is 0 Å². The molecule has 1 amide bonds. The minimum absolute atomic E-state index is 0.0144. The van der Waals surface area contributed by atoms with Crippen molar-refractivity contribution in [3.05, 3.63) is 35.9 Å². The van der Waals surface area contributed by atoms with Crippen molar-refractivity contribution >= 4 is 11.9 Å². The van der Waals surface area contributed by atoms with Gasteiger partial charge in [0.1, 0.15) is 12.0 Å². The Morgan fingerprint density at radius 3 is 2.54 bits per heavy atom. The molecule has 1 aromatic rings. The van der Waals surface area contributed by atoms with Gasteiger partial charge in [-0.15, -0.1) is 0 Å². The van der Waals surface area contributed by atoms with E-state index >= 15 is 0 Å². The van der Waals surface area contributed by atoms with Gasteiger partial charge in [0.05, 0.1) is 6.10 Å². The Balaban J connectivity index is 1.88. The fourth-order valence-corrected chi connectivity index (χ4v) is 3.15. The van der Waals surface area contributed by atoms with Crippen LogP contribution < -0.4 is 5.32 Å². The van der Waals surface area contributed by atoms with Gasteiger partial charge in [-0.05, 0) is 31.2 Å². The zero-order chi connectivity index (χ0) is 17.6. The van der Waals surface area contributed by atoms with Crippen LogP contribution >= 0.6 is 0 Å². The first-order valence-corrected chi connectivity index (χ1v) is 8.60. The molecule has 0 aromatic heterocycles. The van der Waals surface area contributed by atoms with Crippen LogP contribution in [-0.4, -0.2) is 36.2 Å². The maximum atomic E-state index is 12.1. The average molecular weight is 333 g/mol. The third kappa shape index (κ3) is 4.57. The van der Waals surface area contributed by atoms with Crippen molar-refractivity contribution < 1.29 is 19.4 Å². The predicted octanol–water partition coefficient (Wildman–Crippen LogP) is 2.74. The number of carboxylic acid groups (broad SMARTS) is 1. The average Bonchev–Trinajstić information content (AvgIpc) is 2.59. The summed E-state index contributed by atoms with van der Waals surface area (Å²) >= 11 is 0. The molecule has 2 N–H and O–H groups in total. The van der Waals surface area contributed by atoms with Crippen LogP contribution in [0.5, 0.6) is 0 Å². The zero-order valence-corrected chi connectivity index (χ0v) is 14.5. The summed E-state index contributed by atoms with van der Waals surface area (Å²) < 4.78 is 5.73. The summed E-state index contributed by atoms with van der Waals surface area (Å²) in [6, 6.07) is 8.96. The van der Waals surface area contributed by atoms with Gasteiger partial charge in [-0.3, -0.25) is 9.59 Å². The lowest BCUT2D eigenvalue weighted by atomic mass is 9.82. The molecule has 1 fully saturated rings. The quantitative estimate of drug-likeness (QED) is 0.804. The van der Waals surface area contributed by atoms with E-state index in [1.807, 2.05) is 6.07 Å². The summed E-state index contributed by atoms with van der Waals surface area (Å²) in [7, 11) is 0. The Hall–Kier alpha value is -1.88. The van der Waals surface area contributed by atoms with Gasteiger partial charge in [-0.25, -0.2) is 0 Å². The van der Waals surface area contributed by atoms with Crippen molar-refractivity contribution in [3.63, 3.8) is 0 Å². The lowest BCUT2D eigenvalue weighted by Crippen LogP contribution is -2.45. The molecule has 1 saturated carbocycles. The normalized spacial score (nSPS) is 23.2. The molecule has 3 atom stereocenters. The zero-order valence-electron chi connectivity index (χ0n) is 14.5. The molecule has 132 valence electrons. The van der Waals surface area contributed by atoms with E-state index in [1.165, 1.54) is 6.42 Å². The Morgan fingerprint density at radius 2 is 1.92 bits per heavy atom. The van der Waals surface area contributed by atoms with Crippen molar-refractivity contribution in [1.29, 1.82) is 0 Å². The number of ether oxygens (including phenoxy) is 1. The molecule has 2 rings (SSSR count). The molecule has 24 heavy (non-hydrogen) atoms. The summed E-state index contributed by atoms with van der Waals surface area (Å²) in [5.41, 5.74) is -0.491. The molecule has 5 heteroatoms. The topological polar surface area (TPSA) is 75.6 Å². The van der Waals surface area contributed by atoms with Crippen LogP contribution in [0.1, 0.15) is 45.1 Å². The number of amides is 1. The summed E-state index contributed by atoms with van der Waals surface area (Å²) in [5, 5.41) is 12.3. The Labute approximate surface area is 143 Å². The molecular formula is C19H27NO4. The van der Waals surface area contributed by atoms with E-state index in [0.29, 0.717) is 11.5 Å². The number of benzene rings is 1. The lowest BCUT2D eigenvalue weighted by molar-refractivity contribution is -0.143. The highest BCUT2D eigenvalue weighted by atomic mass is 16.5. The van der Waals surface area contributed by atoms with E-state index in [9.17, 15) is 14.7 Å². The Morgan fingerprint density at radius 1 is 1.25 bits per heavy atom. The number of carbonyl (C=O) groups excluding carboxylic acids is 1. The maximum Gasteiger partial charge on any atom is 0.315 e. The van der Waals surface area contributed by atoms with Crippen LogP contribution in [0.2, 0.25) is 0 Å². The van der Waals surface area contributed by atoms with Gasteiger partial charge < -0.3 is 15.2 Å². The molecule has 1 aromatic carbocycles. The third-order valence-electron chi connectivity index (χ3n) is 4.98. The number of carbonyl (C=O) groups is 2. The summed E-state index contributed by atoms with van der Waals surface area (Å²) in [6.07, 6.45) is 4.62. The standard InChI is InChI=1S/C19H27NO4/c1-14-8-6-7-11-16(14)24-12-17(21)20-13-19(2,18(22)23)15-9-4-3-5-10-15/h3-5,9-10,14,16H,6-8,11-13H2,1-2H3,(H,20,21)(H,22,23). The van der Waals surface area contributed by atoms with Crippen LogP contribution in [0.4, 0.5) is 0 Å². The van der Waals surface area contributed by atoms with Crippen LogP contribution in [0.3, 0.4) is 0 Å². The fourth-order valence-electron chi connectivity index (χ4n) is 3.15. The highest BCUT2D eigenvalue weighted by Crippen LogP contribution is 2.26. The van der Waals surface area contributed by atoms with Gasteiger partial charge in [-0.1, -0.05) is 50.1 Å². The first kappa shape index (κ1) is 18.5. The second-order valence-electron chi connectivity index (χ2n) is 6.89. The number of hydrogen-bond acceptors (Lipinski definition) is 3. The van der Waals surface area contributed by atoms with E-state index in [1.54, 1.807) is 31.2 Å². The minimum atomic E-state index is -1.16. The van der Waals surface area contributed by atoms with Crippen molar-refractivity contribution in [1.82, 2.24) is 5.32 Å². The maximum absolute atomic E-state index is 12.1. The second kappa shape index (κ2) is 8.29. The van der Waals surface area contributed by atoms with Crippen molar-refractivity contribution in [3.8, 4) is 0 Å². The lowest BCUT2D eigenvalue weighted by Gasteiger charge is -2.29. The summed E-state index contributed by atoms with van der Waals surface area (Å²) in [5.74, 6) is -0.757. The number of carboxylic acids is 1. The number of rotatable bonds is 7. The molecule has 5 nitrogen and oxygen atoms in total. The molecule has 0 saturated heterocycles. The molecule has 0 heterocycles. The number of hydrogen-bond donors (Lipinski definition) is 2. The molecular weight excluding hydrogens is 306 g/mol. The van der Waals surface area contributed by atoms with E-state index in [0.717, 1.165) is 19.3 Å². The first-order valence-electron chi connectivity index (χ1n) is 8.60. The first-order chi connectivity index (χ1) is 11.4. The van der Waals surface area contributed by atoms with E-state index in [4.69, 9.17) is 4.74 Å². The Kier molecular flexibility index (Phi) is 6.37. The van der Waals surface area contributed by atoms with Gasteiger partial charge in [-0.2, -0.15) is 0 Å². The van der Waals surface area contributed by atoms with Gasteiger partial charge >= 0.3 is 5.97 Å². The molecule has 1 aliphatic rings. The van der Waals surface area contributed by atoms with Crippen molar-refractivity contribution in [2.45, 2.75) is 51.0 Å². The summed E-state index contributed by atoms with van der Waals surface area (Å²) in [4.78, 5) is 23.8. The molecule has 1 aliphatic carbocycles. The molecule has 3 unspecified atom stereocenters. The molecule has 0 bridgehead atoms. The highest BCUT2D eigenvalue weighted by molar-refractivity contribution is 5.83. The third-order valence-corrected chi connectivity index (χ3v) is 4.98. The Bertz CT molecular complexity index is 560. The second-order valence-corrected chi connectivity index (χ2v) is 6.89. The smallest absolute Gasteiger partial charge is 0.315 e. The van der Waals surface area contributed by atoms with Gasteiger partial charge in [0.2, 0.25) is 5.91 Å². The van der Waals surface area contributed by atoms with Crippen LogP contribution in [0.15, 0.2) is 30.3 Å². The predicted molar refractivity (Wildman–Crippen MR) is 91.8 cm³/mol. The van der Waals surface area contributed by atoms with E-state index in [-0.39, 0.29) is 25.2 Å². The van der Waals surface area contributed by atoms with Crippen molar-refractivity contribution in [2.24, 2.45) is 5.92 Å². The van der Waals surface area contributed by atoms with Crippen LogP contribution in [-0.2, 0) is 19.7 Å². The van der Waals surface area contributed by atoms with E-state index in [2.05, 4.69) is 12.2 Å². The SMILES string of the molecule is CC1CCCCC1OCC(=O)NCC(C)(C(=O)O)c1ccccc1. The van der Waals surface area contributed by atoms with Crippen LogP contribution in [0, 0.1) is 5.92 Å². The molecule has 0 spiro atoms. The molecule has 0 aliphatic heterocycles.